The van der Waals surface area contributed by atoms with Gasteiger partial charge in [0, 0.05) is 6.54 Å². The summed E-state index contributed by atoms with van der Waals surface area (Å²) in [5.41, 5.74) is 7.07. The number of amides is 2. The van der Waals surface area contributed by atoms with Gasteiger partial charge in [-0.25, -0.2) is 0 Å². The second-order valence-electron chi connectivity index (χ2n) is 6.88. The molecule has 3 aromatic carbocycles. The number of nitrogens with two attached hydrogens (primary N) is 1. The molecular weight excluding hydrogens is 396 g/mol. The molecule has 3 N–H and O–H groups in total. The molecule has 0 aliphatic rings. The van der Waals surface area contributed by atoms with Crippen LogP contribution in [0.5, 0.6) is 17.2 Å². The molecule has 0 saturated carbocycles. The fourth-order valence-electron chi connectivity index (χ4n) is 3.37. The standard InChI is InChI=1S/C24H24N2O5/c1-30-18-9-5-7-16(13-18)15-26(24(29)20-11-3-4-12-21(20)27)22(23(25)28)17-8-6-10-19(14-17)31-2/h3-14,22,27H,15H2,1-2H3,(H2,25,28). The highest BCUT2D eigenvalue weighted by molar-refractivity contribution is 5.99. The molecule has 31 heavy (non-hydrogen) atoms. The van der Waals surface area contributed by atoms with Crippen molar-refractivity contribution >= 4 is 11.8 Å². The van der Waals surface area contributed by atoms with Crippen molar-refractivity contribution in [2.75, 3.05) is 14.2 Å². The number of hydrogen-bond acceptors (Lipinski definition) is 5. The van der Waals surface area contributed by atoms with Gasteiger partial charge in [0.15, 0.2) is 0 Å². The van der Waals surface area contributed by atoms with Gasteiger partial charge in [-0.1, -0.05) is 36.4 Å². The molecule has 1 atom stereocenters. The number of hydrogen-bond donors (Lipinski definition) is 2. The van der Waals surface area contributed by atoms with Crippen LogP contribution in [0.15, 0.2) is 72.8 Å². The first-order chi connectivity index (χ1) is 14.9. The lowest BCUT2D eigenvalue weighted by Crippen LogP contribution is -2.41. The number of carbonyl (C=O) groups is 2. The van der Waals surface area contributed by atoms with Crippen LogP contribution in [0.1, 0.15) is 27.5 Å². The third-order valence-corrected chi connectivity index (χ3v) is 4.87. The smallest absolute Gasteiger partial charge is 0.258 e. The number of para-hydroxylation sites is 1. The van der Waals surface area contributed by atoms with Gasteiger partial charge in [0.2, 0.25) is 5.91 Å². The summed E-state index contributed by atoms with van der Waals surface area (Å²) in [6, 6.07) is 19.1. The minimum atomic E-state index is -1.09. The fraction of sp³-hybridized carbons (Fsp3) is 0.167. The number of benzene rings is 3. The van der Waals surface area contributed by atoms with Crippen molar-refractivity contribution < 1.29 is 24.2 Å². The zero-order valence-corrected chi connectivity index (χ0v) is 17.3. The van der Waals surface area contributed by atoms with E-state index < -0.39 is 17.9 Å². The van der Waals surface area contributed by atoms with Crippen molar-refractivity contribution in [3.05, 3.63) is 89.5 Å². The van der Waals surface area contributed by atoms with Gasteiger partial charge in [0.1, 0.15) is 23.3 Å². The number of aromatic hydroxyl groups is 1. The number of methoxy groups -OCH3 is 2. The van der Waals surface area contributed by atoms with Gasteiger partial charge in [-0.15, -0.1) is 0 Å². The second kappa shape index (κ2) is 9.67. The number of phenols is 1. The average molecular weight is 420 g/mol. The molecule has 0 radical (unpaired) electrons. The number of rotatable bonds is 8. The fourth-order valence-corrected chi connectivity index (χ4v) is 3.37. The van der Waals surface area contributed by atoms with Crippen LogP contribution in [0, 0.1) is 0 Å². The Hall–Kier alpha value is -4.00. The largest absolute Gasteiger partial charge is 0.507 e. The van der Waals surface area contributed by atoms with Crippen LogP contribution >= 0.6 is 0 Å². The van der Waals surface area contributed by atoms with Gasteiger partial charge in [-0.05, 0) is 47.5 Å². The lowest BCUT2D eigenvalue weighted by molar-refractivity contribution is -0.122. The topological polar surface area (TPSA) is 102 Å². The molecule has 160 valence electrons. The summed E-state index contributed by atoms with van der Waals surface area (Å²) >= 11 is 0. The maximum absolute atomic E-state index is 13.5. The Balaban J connectivity index is 2.11. The lowest BCUT2D eigenvalue weighted by Gasteiger charge is -2.31. The van der Waals surface area contributed by atoms with E-state index in [1.54, 1.807) is 61.7 Å². The quantitative estimate of drug-likeness (QED) is 0.582. The minimum Gasteiger partial charge on any atom is -0.507 e. The first-order valence-corrected chi connectivity index (χ1v) is 9.59. The highest BCUT2D eigenvalue weighted by atomic mass is 16.5. The van der Waals surface area contributed by atoms with Crippen LogP contribution in [0.4, 0.5) is 0 Å². The van der Waals surface area contributed by atoms with E-state index in [-0.39, 0.29) is 17.9 Å². The predicted molar refractivity (Wildman–Crippen MR) is 116 cm³/mol. The molecule has 0 aromatic heterocycles. The van der Waals surface area contributed by atoms with Crippen LogP contribution in [0.2, 0.25) is 0 Å². The Morgan fingerprint density at radius 2 is 1.58 bits per heavy atom. The van der Waals surface area contributed by atoms with Crippen molar-refractivity contribution in [1.82, 2.24) is 4.90 Å². The van der Waals surface area contributed by atoms with E-state index in [1.807, 2.05) is 6.07 Å². The minimum absolute atomic E-state index is 0.0647. The van der Waals surface area contributed by atoms with Crippen LogP contribution in [-0.4, -0.2) is 36.0 Å². The number of phenolic OH excluding ortho intramolecular Hbond substituents is 1. The van der Waals surface area contributed by atoms with Gasteiger partial charge in [-0.3, -0.25) is 9.59 Å². The molecule has 0 fully saturated rings. The molecule has 3 rings (SSSR count). The van der Waals surface area contributed by atoms with E-state index in [2.05, 4.69) is 0 Å². The van der Waals surface area contributed by atoms with Crippen molar-refractivity contribution in [3.8, 4) is 17.2 Å². The Labute approximate surface area is 180 Å². The third kappa shape index (κ3) is 4.95. The molecule has 2 amide bonds. The molecule has 7 heteroatoms. The SMILES string of the molecule is COc1cccc(CN(C(=O)c2ccccc2O)C(C(N)=O)c2cccc(OC)c2)c1. The first kappa shape index (κ1) is 21.7. The van der Waals surface area contributed by atoms with Gasteiger partial charge >= 0.3 is 0 Å². The summed E-state index contributed by atoms with van der Waals surface area (Å²) in [4.78, 5) is 27.4. The summed E-state index contributed by atoms with van der Waals surface area (Å²) in [6.07, 6.45) is 0. The normalized spacial score (nSPS) is 11.4. The van der Waals surface area contributed by atoms with E-state index in [4.69, 9.17) is 15.2 Å². The summed E-state index contributed by atoms with van der Waals surface area (Å²) < 4.78 is 10.5. The number of primary amides is 1. The lowest BCUT2D eigenvalue weighted by atomic mass is 10.0. The molecule has 7 nitrogen and oxygen atoms in total. The number of nitrogens with zero attached hydrogens (tertiary/aromatic N) is 1. The van der Waals surface area contributed by atoms with Gasteiger partial charge in [0.25, 0.3) is 5.91 Å². The zero-order chi connectivity index (χ0) is 22.4. The van der Waals surface area contributed by atoms with Gasteiger partial charge < -0.3 is 25.2 Å². The van der Waals surface area contributed by atoms with Crippen LogP contribution in [-0.2, 0) is 11.3 Å². The second-order valence-corrected chi connectivity index (χ2v) is 6.88. The van der Waals surface area contributed by atoms with Crippen LogP contribution < -0.4 is 15.2 Å². The highest BCUT2D eigenvalue weighted by Crippen LogP contribution is 2.30. The maximum Gasteiger partial charge on any atom is 0.258 e. The molecule has 0 spiro atoms. The van der Waals surface area contributed by atoms with Gasteiger partial charge in [-0.2, -0.15) is 0 Å². The molecular formula is C24H24N2O5. The van der Waals surface area contributed by atoms with Crippen LogP contribution in [0.3, 0.4) is 0 Å². The van der Waals surface area contributed by atoms with Crippen molar-refractivity contribution in [2.24, 2.45) is 5.73 Å². The van der Waals surface area contributed by atoms with E-state index in [9.17, 15) is 14.7 Å². The molecule has 0 heterocycles. The summed E-state index contributed by atoms with van der Waals surface area (Å²) in [5, 5.41) is 10.2. The predicted octanol–water partition coefficient (Wildman–Crippen LogP) is 3.28. The third-order valence-electron chi connectivity index (χ3n) is 4.87. The summed E-state index contributed by atoms with van der Waals surface area (Å²) in [7, 11) is 3.06. The number of ether oxygens (including phenoxy) is 2. The molecule has 0 bridgehead atoms. The monoisotopic (exact) mass is 420 g/mol. The van der Waals surface area contributed by atoms with Crippen molar-refractivity contribution in [1.29, 1.82) is 0 Å². The van der Waals surface area contributed by atoms with E-state index >= 15 is 0 Å². The number of carbonyl (C=O) groups excluding carboxylic acids is 2. The van der Waals surface area contributed by atoms with E-state index in [0.717, 1.165) is 5.56 Å². The molecule has 0 aliphatic carbocycles. The molecule has 1 unspecified atom stereocenters. The maximum atomic E-state index is 13.5. The Bertz CT molecular complexity index is 1080. The van der Waals surface area contributed by atoms with E-state index in [0.29, 0.717) is 17.1 Å². The average Bonchev–Trinajstić information content (AvgIpc) is 2.78. The van der Waals surface area contributed by atoms with Gasteiger partial charge in [0.05, 0.1) is 19.8 Å². The Kier molecular flexibility index (Phi) is 6.77. The summed E-state index contributed by atoms with van der Waals surface area (Å²) in [5.74, 6) is -0.283. The Morgan fingerprint density at radius 3 is 2.23 bits per heavy atom. The zero-order valence-electron chi connectivity index (χ0n) is 17.3. The first-order valence-electron chi connectivity index (χ1n) is 9.59. The van der Waals surface area contributed by atoms with E-state index in [1.165, 1.54) is 24.1 Å². The molecule has 3 aromatic rings. The Morgan fingerprint density at radius 1 is 0.935 bits per heavy atom. The highest BCUT2D eigenvalue weighted by Gasteiger charge is 2.32. The summed E-state index contributed by atoms with van der Waals surface area (Å²) in [6.45, 7) is 0.0647. The van der Waals surface area contributed by atoms with Crippen molar-refractivity contribution in [2.45, 2.75) is 12.6 Å². The van der Waals surface area contributed by atoms with Crippen LogP contribution in [0.25, 0.3) is 0 Å². The van der Waals surface area contributed by atoms with Crippen molar-refractivity contribution in [3.63, 3.8) is 0 Å². The molecule has 0 aliphatic heterocycles. The molecule has 0 saturated heterocycles.